The Balaban J connectivity index is 1.82. The average molecular weight is 267 g/mol. The molecule has 0 spiro atoms. The summed E-state index contributed by atoms with van der Waals surface area (Å²) in [5.41, 5.74) is 0. The molecule has 2 heterocycles. The lowest BCUT2D eigenvalue weighted by atomic mass is 10.00. The van der Waals surface area contributed by atoms with E-state index in [4.69, 9.17) is 0 Å². The maximum atomic E-state index is 3.66. The zero-order valence-electron chi connectivity index (χ0n) is 13.2. The van der Waals surface area contributed by atoms with E-state index in [0.717, 1.165) is 12.1 Å². The maximum absolute atomic E-state index is 3.66. The summed E-state index contributed by atoms with van der Waals surface area (Å²) in [6.07, 6.45) is 6.77. The van der Waals surface area contributed by atoms with E-state index in [0.29, 0.717) is 6.04 Å². The Hall–Kier alpha value is -0.120. The summed E-state index contributed by atoms with van der Waals surface area (Å²) in [5.74, 6) is 0. The Morgan fingerprint density at radius 1 is 1.21 bits per heavy atom. The molecule has 3 heteroatoms. The van der Waals surface area contributed by atoms with Gasteiger partial charge in [-0.2, -0.15) is 0 Å². The van der Waals surface area contributed by atoms with Crippen LogP contribution in [0.25, 0.3) is 0 Å². The van der Waals surface area contributed by atoms with Crippen LogP contribution in [0.15, 0.2) is 0 Å². The topological polar surface area (TPSA) is 18.5 Å². The third-order valence-electron chi connectivity index (χ3n) is 4.82. The van der Waals surface area contributed by atoms with Crippen LogP contribution in [-0.4, -0.2) is 60.6 Å². The highest BCUT2D eigenvalue weighted by Gasteiger charge is 2.28. The minimum Gasteiger partial charge on any atom is -0.313 e. The number of nitrogens with one attached hydrogen (secondary N) is 1. The van der Waals surface area contributed by atoms with Crippen molar-refractivity contribution in [2.45, 2.75) is 71.0 Å². The molecular formula is C16H33N3. The number of likely N-dealkylation sites (tertiary alicyclic amines) is 1. The van der Waals surface area contributed by atoms with Crippen molar-refractivity contribution in [1.29, 1.82) is 0 Å². The molecule has 0 aromatic heterocycles. The van der Waals surface area contributed by atoms with Gasteiger partial charge in [0.05, 0.1) is 0 Å². The van der Waals surface area contributed by atoms with Gasteiger partial charge in [-0.15, -0.1) is 0 Å². The second-order valence-corrected chi connectivity index (χ2v) is 6.66. The fourth-order valence-electron chi connectivity index (χ4n) is 3.74. The lowest BCUT2D eigenvalue weighted by Gasteiger charge is -2.41. The SMILES string of the molecule is CCCN1CCC(N(CC2CCCN2)C(C)C)CC1. The Bertz CT molecular complexity index is 240. The van der Waals surface area contributed by atoms with Crippen LogP contribution >= 0.6 is 0 Å². The molecule has 3 nitrogen and oxygen atoms in total. The van der Waals surface area contributed by atoms with Gasteiger partial charge in [0.2, 0.25) is 0 Å². The molecule has 2 rings (SSSR count). The van der Waals surface area contributed by atoms with E-state index in [2.05, 4.69) is 35.9 Å². The van der Waals surface area contributed by atoms with Crippen molar-refractivity contribution >= 4 is 0 Å². The molecule has 1 atom stereocenters. The van der Waals surface area contributed by atoms with Gasteiger partial charge in [0.15, 0.2) is 0 Å². The molecule has 2 saturated heterocycles. The zero-order chi connectivity index (χ0) is 13.7. The van der Waals surface area contributed by atoms with Gasteiger partial charge in [-0.3, -0.25) is 4.90 Å². The standard InChI is InChI=1S/C16H33N3/c1-4-10-18-11-7-16(8-12-18)19(14(2)3)13-15-6-5-9-17-15/h14-17H,4-13H2,1-3H3. The summed E-state index contributed by atoms with van der Waals surface area (Å²) < 4.78 is 0. The molecule has 112 valence electrons. The zero-order valence-corrected chi connectivity index (χ0v) is 13.2. The highest BCUT2D eigenvalue weighted by atomic mass is 15.2. The van der Waals surface area contributed by atoms with Gasteiger partial charge >= 0.3 is 0 Å². The first-order valence-electron chi connectivity index (χ1n) is 8.42. The fraction of sp³-hybridized carbons (Fsp3) is 1.00. The molecule has 2 aliphatic rings. The Morgan fingerprint density at radius 2 is 1.95 bits per heavy atom. The van der Waals surface area contributed by atoms with Crippen LogP contribution in [0.4, 0.5) is 0 Å². The Labute approximate surface area is 119 Å². The number of hydrogen-bond acceptors (Lipinski definition) is 3. The Morgan fingerprint density at radius 3 is 2.47 bits per heavy atom. The number of hydrogen-bond donors (Lipinski definition) is 1. The van der Waals surface area contributed by atoms with E-state index in [9.17, 15) is 0 Å². The van der Waals surface area contributed by atoms with Crippen molar-refractivity contribution in [3.05, 3.63) is 0 Å². The largest absolute Gasteiger partial charge is 0.313 e. The van der Waals surface area contributed by atoms with Gasteiger partial charge in [-0.1, -0.05) is 6.92 Å². The third kappa shape index (κ3) is 4.44. The molecule has 1 unspecified atom stereocenters. The second-order valence-electron chi connectivity index (χ2n) is 6.66. The molecular weight excluding hydrogens is 234 g/mol. The van der Waals surface area contributed by atoms with Gasteiger partial charge in [0.1, 0.15) is 0 Å². The van der Waals surface area contributed by atoms with Crippen molar-refractivity contribution in [3.8, 4) is 0 Å². The van der Waals surface area contributed by atoms with Crippen LogP contribution in [0.1, 0.15) is 52.9 Å². The fourth-order valence-corrected chi connectivity index (χ4v) is 3.74. The van der Waals surface area contributed by atoms with Crippen LogP contribution in [-0.2, 0) is 0 Å². The molecule has 2 aliphatic heterocycles. The van der Waals surface area contributed by atoms with E-state index in [-0.39, 0.29) is 0 Å². The average Bonchev–Trinajstić information content (AvgIpc) is 2.90. The van der Waals surface area contributed by atoms with E-state index in [1.165, 1.54) is 64.8 Å². The summed E-state index contributed by atoms with van der Waals surface area (Å²) >= 11 is 0. The molecule has 0 aromatic carbocycles. The molecule has 0 radical (unpaired) electrons. The van der Waals surface area contributed by atoms with Crippen LogP contribution < -0.4 is 5.32 Å². The van der Waals surface area contributed by atoms with Gasteiger partial charge in [0, 0.05) is 24.7 Å². The van der Waals surface area contributed by atoms with Crippen LogP contribution in [0.2, 0.25) is 0 Å². The van der Waals surface area contributed by atoms with E-state index < -0.39 is 0 Å². The van der Waals surface area contributed by atoms with Gasteiger partial charge < -0.3 is 10.2 Å². The minimum absolute atomic E-state index is 0.685. The summed E-state index contributed by atoms with van der Waals surface area (Å²) in [7, 11) is 0. The van der Waals surface area contributed by atoms with Crippen molar-refractivity contribution in [2.24, 2.45) is 0 Å². The quantitative estimate of drug-likeness (QED) is 0.797. The lowest BCUT2D eigenvalue weighted by Crippen LogP contribution is -2.51. The van der Waals surface area contributed by atoms with Gasteiger partial charge in [-0.25, -0.2) is 0 Å². The lowest BCUT2D eigenvalue weighted by molar-refractivity contribution is 0.0777. The first-order chi connectivity index (χ1) is 9.20. The van der Waals surface area contributed by atoms with Crippen molar-refractivity contribution in [2.75, 3.05) is 32.7 Å². The van der Waals surface area contributed by atoms with Crippen molar-refractivity contribution < 1.29 is 0 Å². The first-order valence-corrected chi connectivity index (χ1v) is 8.42. The van der Waals surface area contributed by atoms with Crippen molar-refractivity contribution in [1.82, 2.24) is 15.1 Å². The molecule has 0 bridgehead atoms. The van der Waals surface area contributed by atoms with Gasteiger partial charge in [-0.05, 0) is 72.1 Å². The highest BCUT2D eigenvalue weighted by Crippen LogP contribution is 2.20. The van der Waals surface area contributed by atoms with Gasteiger partial charge in [0.25, 0.3) is 0 Å². The third-order valence-corrected chi connectivity index (χ3v) is 4.82. The van der Waals surface area contributed by atoms with E-state index in [1.54, 1.807) is 0 Å². The number of piperidine rings is 1. The maximum Gasteiger partial charge on any atom is 0.0195 e. The number of rotatable bonds is 6. The molecule has 2 fully saturated rings. The molecule has 0 amide bonds. The summed E-state index contributed by atoms with van der Waals surface area (Å²) in [4.78, 5) is 5.41. The normalized spacial score (nSPS) is 26.7. The van der Waals surface area contributed by atoms with Crippen molar-refractivity contribution in [3.63, 3.8) is 0 Å². The highest BCUT2D eigenvalue weighted by molar-refractivity contribution is 4.86. The van der Waals surface area contributed by atoms with Crippen LogP contribution in [0.5, 0.6) is 0 Å². The summed E-state index contributed by atoms with van der Waals surface area (Å²) in [6.45, 7) is 13.4. The van der Waals surface area contributed by atoms with E-state index in [1.807, 2.05) is 0 Å². The predicted molar refractivity (Wildman–Crippen MR) is 82.6 cm³/mol. The smallest absolute Gasteiger partial charge is 0.0195 e. The molecule has 0 aliphatic carbocycles. The molecule has 0 aromatic rings. The minimum atomic E-state index is 0.685. The Kier molecular flexibility index (Phi) is 6.11. The molecule has 19 heavy (non-hydrogen) atoms. The summed E-state index contributed by atoms with van der Waals surface area (Å²) in [5, 5.41) is 3.66. The molecule has 0 saturated carbocycles. The second kappa shape index (κ2) is 7.61. The monoisotopic (exact) mass is 267 g/mol. The van der Waals surface area contributed by atoms with E-state index >= 15 is 0 Å². The van der Waals surface area contributed by atoms with Crippen LogP contribution in [0, 0.1) is 0 Å². The summed E-state index contributed by atoms with van der Waals surface area (Å²) in [6, 6.07) is 2.25. The first kappa shape index (κ1) is 15.3. The molecule has 1 N–H and O–H groups in total. The number of nitrogens with zero attached hydrogens (tertiary/aromatic N) is 2. The van der Waals surface area contributed by atoms with Crippen LogP contribution in [0.3, 0.4) is 0 Å². The predicted octanol–water partition coefficient (Wildman–Crippen LogP) is 2.32.